The monoisotopic (exact) mass is 448 g/mol. The van der Waals surface area contributed by atoms with Gasteiger partial charge in [0, 0.05) is 22.9 Å². The number of rotatable bonds is 7. The minimum atomic E-state index is -0.322. The summed E-state index contributed by atoms with van der Waals surface area (Å²) in [6, 6.07) is 14.3. The predicted molar refractivity (Wildman–Crippen MR) is 125 cm³/mol. The normalized spacial score (nSPS) is 10.7. The van der Waals surface area contributed by atoms with E-state index in [0.717, 1.165) is 11.1 Å². The van der Waals surface area contributed by atoms with Gasteiger partial charge in [-0.3, -0.25) is 4.79 Å². The van der Waals surface area contributed by atoms with Crippen molar-refractivity contribution in [2.75, 3.05) is 33.8 Å². The third-order valence-electron chi connectivity index (χ3n) is 5.25. The van der Waals surface area contributed by atoms with Crippen LogP contribution in [-0.4, -0.2) is 39.3 Å². The standard InChI is InChI=1S/C25H24N2O6/c1-14-6-7-15(25-27-19-13-17(29-2)8-9-20(19)33-25)10-18(14)26-24(28)16-11-21(30-3)23(32-5)22(12-16)31-4/h6-13H,1-5H3,(H,26,28). The summed E-state index contributed by atoms with van der Waals surface area (Å²) in [5.41, 5.74) is 3.95. The van der Waals surface area contributed by atoms with Crippen molar-refractivity contribution in [1.82, 2.24) is 4.98 Å². The van der Waals surface area contributed by atoms with Crippen molar-refractivity contribution in [3.63, 3.8) is 0 Å². The second kappa shape index (κ2) is 9.12. The molecule has 0 spiro atoms. The summed E-state index contributed by atoms with van der Waals surface area (Å²) in [6.07, 6.45) is 0. The fourth-order valence-electron chi connectivity index (χ4n) is 3.45. The molecule has 0 fully saturated rings. The maximum Gasteiger partial charge on any atom is 0.255 e. The summed E-state index contributed by atoms with van der Waals surface area (Å²) in [5, 5.41) is 2.95. The third kappa shape index (κ3) is 4.27. The molecule has 0 aliphatic heterocycles. The van der Waals surface area contributed by atoms with E-state index in [-0.39, 0.29) is 5.91 Å². The molecule has 8 heteroatoms. The Bertz CT molecular complexity index is 1300. The van der Waals surface area contributed by atoms with Crippen LogP contribution in [0, 0.1) is 6.92 Å². The zero-order chi connectivity index (χ0) is 23.5. The Hall–Kier alpha value is -4.20. The van der Waals surface area contributed by atoms with E-state index in [1.54, 1.807) is 19.2 Å². The van der Waals surface area contributed by atoms with Crippen molar-refractivity contribution in [1.29, 1.82) is 0 Å². The van der Waals surface area contributed by atoms with Crippen molar-refractivity contribution >= 4 is 22.7 Å². The zero-order valence-corrected chi connectivity index (χ0v) is 19.0. The first-order valence-corrected chi connectivity index (χ1v) is 10.1. The lowest BCUT2D eigenvalue weighted by atomic mass is 10.1. The largest absolute Gasteiger partial charge is 0.497 e. The Morgan fingerprint density at radius 3 is 2.24 bits per heavy atom. The van der Waals surface area contributed by atoms with Crippen LogP contribution in [0.2, 0.25) is 0 Å². The van der Waals surface area contributed by atoms with Crippen LogP contribution < -0.4 is 24.3 Å². The number of nitrogens with one attached hydrogen (secondary N) is 1. The summed E-state index contributed by atoms with van der Waals surface area (Å²) < 4.78 is 27.2. The number of aryl methyl sites for hydroxylation is 1. The summed E-state index contributed by atoms with van der Waals surface area (Å²) in [6.45, 7) is 1.91. The van der Waals surface area contributed by atoms with Crippen LogP contribution in [0.3, 0.4) is 0 Å². The summed E-state index contributed by atoms with van der Waals surface area (Å²) in [4.78, 5) is 17.6. The van der Waals surface area contributed by atoms with Crippen molar-refractivity contribution in [2.45, 2.75) is 6.92 Å². The van der Waals surface area contributed by atoms with Gasteiger partial charge in [0.05, 0.1) is 28.4 Å². The van der Waals surface area contributed by atoms with Gasteiger partial charge in [0.2, 0.25) is 11.6 Å². The quantitative estimate of drug-likeness (QED) is 0.421. The highest BCUT2D eigenvalue weighted by atomic mass is 16.5. The van der Waals surface area contributed by atoms with E-state index in [4.69, 9.17) is 23.4 Å². The molecule has 0 bridgehead atoms. The van der Waals surface area contributed by atoms with Gasteiger partial charge in [-0.2, -0.15) is 0 Å². The van der Waals surface area contributed by atoms with E-state index in [0.29, 0.717) is 51.2 Å². The molecule has 8 nitrogen and oxygen atoms in total. The van der Waals surface area contributed by atoms with Gasteiger partial charge in [0.15, 0.2) is 17.1 Å². The number of carbonyl (C=O) groups is 1. The second-order valence-electron chi connectivity index (χ2n) is 7.25. The summed E-state index contributed by atoms with van der Waals surface area (Å²) >= 11 is 0. The number of oxazole rings is 1. The number of nitrogens with zero attached hydrogens (tertiary/aromatic N) is 1. The van der Waals surface area contributed by atoms with Crippen LogP contribution in [0.15, 0.2) is 52.9 Å². The first-order valence-electron chi connectivity index (χ1n) is 10.1. The molecule has 0 aliphatic carbocycles. The number of methoxy groups -OCH3 is 4. The minimum absolute atomic E-state index is 0.322. The average Bonchev–Trinajstić information content (AvgIpc) is 3.27. The molecule has 33 heavy (non-hydrogen) atoms. The Balaban J connectivity index is 1.66. The average molecular weight is 448 g/mol. The molecule has 0 atom stereocenters. The topological polar surface area (TPSA) is 92.1 Å². The maximum absolute atomic E-state index is 13.0. The smallest absolute Gasteiger partial charge is 0.255 e. The summed E-state index contributed by atoms with van der Waals surface area (Å²) in [7, 11) is 6.12. The number of ether oxygens (including phenoxy) is 4. The molecule has 0 aliphatic rings. The zero-order valence-electron chi connectivity index (χ0n) is 19.0. The number of fused-ring (bicyclic) bond motifs is 1. The van der Waals surface area contributed by atoms with E-state index in [2.05, 4.69) is 10.3 Å². The molecule has 4 aromatic rings. The molecule has 0 saturated carbocycles. The summed E-state index contributed by atoms with van der Waals surface area (Å²) in [5.74, 6) is 2.04. The Labute approximate surface area is 191 Å². The molecular formula is C25H24N2O6. The number of hydrogen-bond donors (Lipinski definition) is 1. The van der Waals surface area contributed by atoms with Crippen molar-refractivity contribution in [2.24, 2.45) is 0 Å². The molecule has 0 unspecified atom stereocenters. The first kappa shape index (κ1) is 22.0. The molecule has 4 rings (SSSR count). The highest BCUT2D eigenvalue weighted by Gasteiger charge is 2.18. The van der Waals surface area contributed by atoms with E-state index in [9.17, 15) is 4.79 Å². The van der Waals surface area contributed by atoms with Crippen molar-refractivity contribution < 1.29 is 28.2 Å². The fourth-order valence-corrected chi connectivity index (χ4v) is 3.45. The van der Waals surface area contributed by atoms with E-state index >= 15 is 0 Å². The Morgan fingerprint density at radius 1 is 0.879 bits per heavy atom. The van der Waals surface area contributed by atoms with Crippen LogP contribution in [0.25, 0.3) is 22.6 Å². The van der Waals surface area contributed by atoms with Gasteiger partial charge >= 0.3 is 0 Å². The van der Waals surface area contributed by atoms with Gasteiger partial charge < -0.3 is 28.7 Å². The van der Waals surface area contributed by atoms with Gasteiger partial charge in [0.1, 0.15) is 11.3 Å². The predicted octanol–water partition coefficient (Wildman–Crippen LogP) is 5.09. The van der Waals surface area contributed by atoms with Crippen LogP contribution in [-0.2, 0) is 0 Å². The molecule has 3 aromatic carbocycles. The number of amides is 1. The van der Waals surface area contributed by atoms with Gasteiger partial charge in [-0.1, -0.05) is 6.07 Å². The SMILES string of the molecule is COc1ccc2oc(-c3ccc(C)c(NC(=O)c4cc(OC)c(OC)c(OC)c4)c3)nc2c1. The molecule has 1 aromatic heterocycles. The highest BCUT2D eigenvalue weighted by molar-refractivity contribution is 6.05. The lowest BCUT2D eigenvalue weighted by Gasteiger charge is -2.15. The molecule has 1 N–H and O–H groups in total. The second-order valence-corrected chi connectivity index (χ2v) is 7.25. The van der Waals surface area contributed by atoms with Crippen molar-refractivity contribution in [3.05, 3.63) is 59.7 Å². The van der Waals surface area contributed by atoms with E-state index < -0.39 is 0 Å². The van der Waals surface area contributed by atoms with Gasteiger partial charge in [0.25, 0.3) is 5.91 Å². The van der Waals surface area contributed by atoms with Gasteiger partial charge in [-0.25, -0.2) is 4.98 Å². The highest BCUT2D eigenvalue weighted by Crippen LogP contribution is 2.38. The lowest BCUT2D eigenvalue weighted by Crippen LogP contribution is -2.13. The van der Waals surface area contributed by atoms with Gasteiger partial charge in [-0.05, 0) is 48.9 Å². The van der Waals surface area contributed by atoms with Crippen LogP contribution in [0.4, 0.5) is 5.69 Å². The molecular weight excluding hydrogens is 424 g/mol. The van der Waals surface area contributed by atoms with Crippen LogP contribution in [0.1, 0.15) is 15.9 Å². The Kier molecular flexibility index (Phi) is 6.08. The molecule has 1 amide bonds. The molecule has 1 heterocycles. The van der Waals surface area contributed by atoms with Crippen LogP contribution >= 0.6 is 0 Å². The maximum atomic E-state index is 13.0. The molecule has 0 saturated heterocycles. The van der Waals surface area contributed by atoms with Crippen molar-refractivity contribution in [3.8, 4) is 34.5 Å². The van der Waals surface area contributed by atoms with E-state index in [1.807, 2.05) is 43.3 Å². The lowest BCUT2D eigenvalue weighted by molar-refractivity contribution is 0.102. The van der Waals surface area contributed by atoms with E-state index in [1.165, 1.54) is 21.3 Å². The third-order valence-corrected chi connectivity index (χ3v) is 5.25. The molecule has 170 valence electrons. The fraction of sp³-hybridized carbons (Fsp3) is 0.200. The number of aromatic nitrogens is 1. The number of carbonyl (C=O) groups excluding carboxylic acids is 1. The Morgan fingerprint density at radius 2 is 1.61 bits per heavy atom. The first-order chi connectivity index (χ1) is 16.0. The number of benzene rings is 3. The number of hydrogen-bond acceptors (Lipinski definition) is 7. The van der Waals surface area contributed by atoms with Crippen LogP contribution in [0.5, 0.6) is 23.0 Å². The number of anilines is 1. The minimum Gasteiger partial charge on any atom is -0.497 e. The van der Waals surface area contributed by atoms with Gasteiger partial charge in [-0.15, -0.1) is 0 Å². The molecule has 0 radical (unpaired) electrons.